The summed E-state index contributed by atoms with van der Waals surface area (Å²) in [5, 5.41) is 17.9. The van der Waals surface area contributed by atoms with E-state index in [1.807, 2.05) is 0 Å². The summed E-state index contributed by atoms with van der Waals surface area (Å²) in [4.78, 5) is 48.8. The SMILES string of the molecule is NCCCCCCCCCCCC(=O)N[C@@H](CCCCN)C(=O)NCCCCCCCCCCCC(=O)N[C@@H](CCCCN)C(=O)O. The summed E-state index contributed by atoms with van der Waals surface area (Å²) in [5.41, 5.74) is 16.6. The maximum Gasteiger partial charge on any atom is 0.326 e. The summed E-state index contributed by atoms with van der Waals surface area (Å²) in [6.45, 7) is 2.50. The van der Waals surface area contributed by atoms with Crippen LogP contribution in [0, 0.1) is 0 Å². The van der Waals surface area contributed by atoms with Gasteiger partial charge in [-0.15, -0.1) is 0 Å². The maximum absolute atomic E-state index is 12.8. The molecular formula is C36H72N6O5. The molecule has 0 aromatic carbocycles. The number of hydrogen-bond donors (Lipinski definition) is 7. The largest absolute Gasteiger partial charge is 0.480 e. The van der Waals surface area contributed by atoms with Crippen molar-refractivity contribution in [2.45, 2.75) is 179 Å². The van der Waals surface area contributed by atoms with Crippen molar-refractivity contribution in [3.63, 3.8) is 0 Å². The number of carbonyl (C=O) groups excluding carboxylic acids is 3. The monoisotopic (exact) mass is 669 g/mol. The van der Waals surface area contributed by atoms with Gasteiger partial charge in [0, 0.05) is 19.4 Å². The molecule has 0 aliphatic carbocycles. The molecule has 0 spiro atoms. The Kier molecular flexibility index (Phi) is 32.0. The number of nitrogens with two attached hydrogens (primary N) is 3. The standard InChI is InChI=1S/C36H72N6O5/c37-27-19-13-9-5-1-3-7-11-15-25-33(43)41-31(23-17-20-28-38)35(45)40-30-22-14-10-6-2-4-8-12-16-26-34(44)42-32(36(46)47)24-18-21-29-39/h31-32H,1-30,37-39H2,(H,40,45)(H,41,43)(H,42,44)(H,46,47)/t31-,32-/m0/s1. The van der Waals surface area contributed by atoms with Crippen molar-refractivity contribution in [2.75, 3.05) is 26.2 Å². The molecule has 0 saturated heterocycles. The number of amides is 3. The van der Waals surface area contributed by atoms with Crippen LogP contribution in [0.15, 0.2) is 0 Å². The van der Waals surface area contributed by atoms with Crippen LogP contribution in [0.4, 0.5) is 0 Å². The Morgan fingerprint density at radius 3 is 1.21 bits per heavy atom. The number of rotatable bonds is 35. The number of carbonyl (C=O) groups is 4. The second-order valence-electron chi connectivity index (χ2n) is 13.1. The zero-order chi connectivity index (χ0) is 34.8. The van der Waals surface area contributed by atoms with E-state index in [0.29, 0.717) is 51.7 Å². The van der Waals surface area contributed by atoms with Gasteiger partial charge in [0.25, 0.3) is 0 Å². The van der Waals surface area contributed by atoms with E-state index in [2.05, 4.69) is 16.0 Å². The smallest absolute Gasteiger partial charge is 0.326 e. The van der Waals surface area contributed by atoms with Crippen LogP contribution >= 0.6 is 0 Å². The Morgan fingerprint density at radius 1 is 0.447 bits per heavy atom. The number of nitrogens with one attached hydrogen (secondary N) is 3. The molecule has 11 nitrogen and oxygen atoms in total. The van der Waals surface area contributed by atoms with Gasteiger partial charge in [-0.3, -0.25) is 14.4 Å². The fourth-order valence-corrected chi connectivity index (χ4v) is 5.69. The lowest BCUT2D eigenvalue weighted by Crippen LogP contribution is -2.47. The highest BCUT2D eigenvalue weighted by molar-refractivity contribution is 5.87. The topological polar surface area (TPSA) is 203 Å². The highest BCUT2D eigenvalue weighted by Crippen LogP contribution is 2.12. The van der Waals surface area contributed by atoms with Crippen LogP contribution in [0.3, 0.4) is 0 Å². The number of carboxylic acids is 1. The third-order valence-corrected chi connectivity index (χ3v) is 8.67. The fourth-order valence-electron chi connectivity index (χ4n) is 5.69. The second kappa shape index (κ2) is 33.7. The molecule has 0 fully saturated rings. The van der Waals surface area contributed by atoms with E-state index in [4.69, 9.17) is 17.2 Å². The third kappa shape index (κ3) is 29.6. The van der Waals surface area contributed by atoms with E-state index in [1.165, 1.54) is 32.1 Å². The van der Waals surface area contributed by atoms with Crippen LogP contribution in [0.2, 0.25) is 0 Å². The molecule has 10 N–H and O–H groups in total. The van der Waals surface area contributed by atoms with Crippen LogP contribution in [0.5, 0.6) is 0 Å². The first-order chi connectivity index (χ1) is 22.8. The Balaban J connectivity index is 3.95. The van der Waals surface area contributed by atoms with Crippen molar-refractivity contribution in [3.05, 3.63) is 0 Å². The van der Waals surface area contributed by atoms with Crippen molar-refractivity contribution in [3.8, 4) is 0 Å². The van der Waals surface area contributed by atoms with Gasteiger partial charge in [0.2, 0.25) is 17.7 Å². The molecule has 0 aliphatic heterocycles. The van der Waals surface area contributed by atoms with Crippen molar-refractivity contribution < 1.29 is 24.3 Å². The number of unbranched alkanes of at least 4 members (excludes halogenated alkanes) is 18. The molecule has 276 valence electrons. The van der Waals surface area contributed by atoms with Gasteiger partial charge in [0.1, 0.15) is 12.1 Å². The van der Waals surface area contributed by atoms with Crippen LogP contribution in [0.1, 0.15) is 167 Å². The number of carboxylic acid groups (broad SMARTS) is 1. The molecule has 0 unspecified atom stereocenters. The lowest BCUT2D eigenvalue weighted by Gasteiger charge is -2.18. The zero-order valence-electron chi connectivity index (χ0n) is 29.7. The van der Waals surface area contributed by atoms with Gasteiger partial charge in [-0.2, -0.15) is 0 Å². The van der Waals surface area contributed by atoms with Gasteiger partial charge in [-0.1, -0.05) is 89.9 Å². The first-order valence-corrected chi connectivity index (χ1v) is 19.0. The van der Waals surface area contributed by atoms with E-state index in [0.717, 1.165) is 109 Å². The first-order valence-electron chi connectivity index (χ1n) is 19.0. The third-order valence-electron chi connectivity index (χ3n) is 8.67. The van der Waals surface area contributed by atoms with E-state index >= 15 is 0 Å². The van der Waals surface area contributed by atoms with Gasteiger partial charge in [0.15, 0.2) is 0 Å². The maximum atomic E-state index is 12.8. The van der Waals surface area contributed by atoms with E-state index in [9.17, 15) is 24.3 Å². The number of aliphatic carboxylic acids is 1. The molecule has 0 radical (unpaired) electrons. The molecule has 0 saturated carbocycles. The van der Waals surface area contributed by atoms with Crippen LogP contribution in [-0.2, 0) is 19.2 Å². The summed E-state index contributed by atoms with van der Waals surface area (Å²) in [6.07, 6.45) is 24.6. The molecule has 0 heterocycles. The highest BCUT2D eigenvalue weighted by Gasteiger charge is 2.20. The lowest BCUT2D eigenvalue weighted by molar-refractivity contribution is -0.142. The quantitative estimate of drug-likeness (QED) is 0.0448. The minimum atomic E-state index is -0.989. The Hall–Kier alpha value is -2.24. The minimum absolute atomic E-state index is 0.0381. The summed E-state index contributed by atoms with van der Waals surface area (Å²) < 4.78 is 0. The van der Waals surface area contributed by atoms with Crippen molar-refractivity contribution in [1.82, 2.24) is 16.0 Å². The summed E-state index contributed by atoms with van der Waals surface area (Å²) in [5.74, 6) is -1.31. The van der Waals surface area contributed by atoms with Gasteiger partial charge in [-0.25, -0.2) is 4.79 Å². The predicted molar refractivity (Wildman–Crippen MR) is 192 cm³/mol. The molecular weight excluding hydrogens is 596 g/mol. The molecule has 0 aliphatic rings. The summed E-state index contributed by atoms with van der Waals surface area (Å²) in [6, 6.07) is -1.32. The van der Waals surface area contributed by atoms with E-state index in [1.54, 1.807) is 0 Å². The Labute approximate surface area is 286 Å². The average molecular weight is 669 g/mol. The molecule has 0 rings (SSSR count). The highest BCUT2D eigenvalue weighted by atomic mass is 16.4. The number of hydrogen-bond acceptors (Lipinski definition) is 7. The van der Waals surface area contributed by atoms with Gasteiger partial charge < -0.3 is 38.3 Å². The van der Waals surface area contributed by atoms with Crippen molar-refractivity contribution >= 4 is 23.7 Å². The summed E-state index contributed by atoms with van der Waals surface area (Å²) in [7, 11) is 0. The molecule has 3 amide bonds. The Morgan fingerprint density at radius 2 is 0.787 bits per heavy atom. The molecule has 2 atom stereocenters. The minimum Gasteiger partial charge on any atom is -0.480 e. The lowest BCUT2D eigenvalue weighted by atomic mass is 10.1. The van der Waals surface area contributed by atoms with Gasteiger partial charge in [-0.05, 0) is 83.8 Å². The zero-order valence-corrected chi connectivity index (χ0v) is 29.7. The first kappa shape index (κ1) is 44.8. The van der Waals surface area contributed by atoms with E-state index in [-0.39, 0.29) is 17.7 Å². The van der Waals surface area contributed by atoms with Crippen molar-refractivity contribution in [2.24, 2.45) is 17.2 Å². The Bertz CT molecular complexity index is 785. The van der Waals surface area contributed by atoms with Crippen molar-refractivity contribution in [1.29, 1.82) is 0 Å². The van der Waals surface area contributed by atoms with Crippen LogP contribution in [0.25, 0.3) is 0 Å². The second-order valence-corrected chi connectivity index (χ2v) is 13.1. The van der Waals surface area contributed by atoms with Gasteiger partial charge in [0.05, 0.1) is 0 Å². The predicted octanol–water partition coefficient (Wildman–Crippen LogP) is 5.18. The molecule has 0 aromatic heterocycles. The molecule has 0 aromatic rings. The molecule has 11 heteroatoms. The van der Waals surface area contributed by atoms with Crippen LogP contribution < -0.4 is 33.2 Å². The molecule has 0 bridgehead atoms. The summed E-state index contributed by atoms with van der Waals surface area (Å²) >= 11 is 0. The normalized spacial score (nSPS) is 12.4. The molecule has 47 heavy (non-hydrogen) atoms. The van der Waals surface area contributed by atoms with Gasteiger partial charge >= 0.3 is 5.97 Å². The van der Waals surface area contributed by atoms with Crippen LogP contribution in [-0.4, -0.2) is 67.1 Å². The van der Waals surface area contributed by atoms with E-state index < -0.39 is 18.1 Å². The average Bonchev–Trinajstić information content (AvgIpc) is 3.05. The fraction of sp³-hybridized carbons (Fsp3) is 0.889.